The van der Waals surface area contributed by atoms with Gasteiger partial charge in [-0.2, -0.15) is 0 Å². The van der Waals surface area contributed by atoms with Crippen molar-refractivity contribution in [1.29, 1.82) is 0 Å². The SMILES string of the molecule is O=C(CCCC[C@H]1CCSS1)N1CCN(Cc2nc3ccccc3c(=O)[nH]2)CC1. The maximum absolute atomic E-state index is 12.5. The Morgan fingerprint density at radius 2 is 2.00 bits per heavy atom. The molecule has 2 aliphatic rings. The van der Waals surface area contributed by atoms with Crippen LogP contribution in [0.15, 0.2) is 29.1 Å². The standard InChI is InChI=1S/C21H28N4O2S2/c26-20(8-4-1-5-16-9-14-28-29-16)25-12-10-24(11-13-25)15-19-22-18-7-3-2-6-17(18)21(27)23-19/h2-3,6-7,16H,1,4-5,8-15H2,(H,22,23,27)/t16-/m0/s1. The average Bonchev–Trinajstić information content (AvgIpc) is 3.25. The van der Waals surface area contributed by atoms with Crippen molar-refractivity contribution in [2.45, 2.75) is 43.9 Å². The molecule has 0 radical (unpaired) electrons. The van der Waals surface area contributed by atoms with E-state index in [9.17, 15) is 9.59 Å². The minimum atomic E-state index is -0.0889. The summed E-state index contributed by atoms with van der Waals surface area (Å²) in [7, 11) is 4.00. The molecule has 1 amide bonds. The number of nitrogens with one attached hydrogen (secondary N) is 1. The van der Waals surface area contributed by atoms with Gasteiger partial charge in [-0.05, 0) is 31.4 Å². The van der Waals surface area contributed by atoms with Crippen LogP contribution in [-0.4, -0.2) is 62.9 Å². The zero-order valence-electron chi connectivity index (χ0n) is 16.6. The Kier molecular flexibility index (Phi) is 7.15. The number of aromatic nitrogens is 2. The average molecular weight is 433 g/mol. The molecule has 1 atom stereocenters. The molecule has 0 saturated carbocycles. The third kappa shape index (κ3) is 5.55. The van der Waals surface area contributed by atoms with Crippen molar-refractivity contribution in [3.63, 3.8) is 0 Å². The predicted octanol–water partition coefficient (Wildman–Crippen LogP) is 3.28. The zero-order valence-corrected chi connectivity index (χ0v) is 18.3. The molecule has 0 aliphatic carbocycles. The Hall–Kier alpha value is -1.51. The van der Waals surface area contributed by atoms with E-state index in [0.29, 0.717) is 24.2 Å². The van der Waals surface area contributed by atoms with Crippen LogP contribution < -0.4 is 5.56 Å². The summed E-state index contributed by atoms with van der Waals surface area (Å²) in [6.45, 7) is 3.76. The third-order valence-corrected chi connectivity index (χ3v) is 8.66. The van der Waals surface area contributed by atoms with Gasteiger partial charge in [-0.25, -0.2) is 4.98 Å². The summed E-state index contributed by atoms with van der Waals surface area (Å²) in [5.74, 6) is 2.26. The Labute approximate surface area is 179 Å². The molecule has 4 rings (SSSR count). The second kappa shape index (κ2) is 10.00. The maximum atomic E-state index is 12.5. The van der Waals surface area contributed by atoms with Gasteiger partial charge in [0.2, 0.25) is 5.91 Å². The highest BCUT2D eigenvalue weighted by Crippen LogP contribution is 2.39. The van der Waals surface area contributed by atoms with E-state index in [1.807, 2.05) is 44.7 Å². The van der Waals surface area contributed by atoms with Crippen LogP contribution in [0.25, 0.3) is 10.9 Å². The number of benzene rings is 1. The highest BCUT2D eigenvalue weighted by Gasteiger charge is 2.22. The molecular formula is C21H28N4O2S2. The number of hydrogen-bond acceptors (Lipinski definition) is 6. The molecule has 1 aromatic heterocycles. The van der Waals surface area contributed by atoms with Gasteiger partial charge in [0.1, 0.15) is 5.82 Å². The number of para-hydroxylation sites is 1. The molecule has 2 aromatic rings. The Morgan fingerprint density at radius 3 is 2.79 bits per heavy atom. The first-order valence-electron chi connectivity index (χ1n) is 10.5. The summed E-state index contributed by atoms with van der Waals surface area (Å²) in [4.78, 5) is 36.4. The van der Waals surface area contributed by atoms with Crippen molar-refractivity contribution >= 4 is 38.4 Å². The highest BCUT2D eigenvalue weighted by molar-refractivity contribution is 8.77. The lowest BCUT2D eigenvalue weighted by Gasteiger charge is -2.34. The maximum Gasteiger partial charge on any atom is 0.258 e. The molecule has 2 fully saturated rings. The fraction of sp³-hybridized carbons (Fsp3) is 0.571. The van der Waals surface area contributed by atoms with Crippen LogP contribution >= 0.6 is 21.6 Å². The van der Waals surface area contributed by atoms with Gasteiger partial charge >= 0.3 is 0 Å². The summed E-state index contributed by atoms with van der Waals surface area (Å²) in [6.07, 6.45) is 5.40. The quantitative estimate of drug-likeness (QED) is 0.535. The van der Waals surface area contributed by atoms with Gasteiger partial charge in [-0.15, -0.1) is 0 Å². The van der Waals surface area contributed by atoms with Crippen LogP contribution in [-0.2, 0) is 11.3 Å². The van der Waals surface area contributed by atoms with Crippen LogP contribution in [0.4, 0.5) is 0 Å². The van der Waals surface area contributed by atoms with Crippen molar-refractivity contribution in [2.24, 2.45) is 0 Å². The van der Waals surface area contributed by atoms with Gasteiger partial charge in [0.25, 0.3) is 5.56 Å². The van der Waals surface area contributed by atoms with E-state index >= 15 is 0 Å². The van der Waals surface area contributed by atoms with E-state index in [2.05, 4.69) is 14.9 Å². The van der Waals surface area contributed by atoms with Crippen molar-refractivity contribution < 1.29 is 4.79 Å². The fourth-order valence-electron chi connectivity index (χ4n) is 3.95. The van der Waals surface area contributed by atoms with E-state index in [4.69, 9.17) is 0 Å². The fourth-order valence-corrected chi connectivity index (χ4v) is 6.98. The molecule has 0 unspecified atom stereocenters. The van der Waals surface area contributed by atoms with Gasteiger partial charge in [-0.1, -0.05) is 40.1 Å². The molecule has 6 nitrogen and oxygen atoms in total. The number of amides is 1. The molecule has 0 bridgehead atoms. The van der Waals surface area contributed by atoms with Crippen molar-refractivity contribution in [3.8, 4) is 0 Å². The number of unbranched alkanes of at least 4 members (excludes halogenated alkanes) is 1. The number of fused-ring (bicyclic) bond motifs is 1. The van der Waals surface area contributed by atoms with E-state index in [-0.39, 0.29) is 11.5 Å². The van der Waals surface area contributed by atoms with Crippen LogP contribution in [0, 0.1) is 0 Å². The second-order valence-electron chi connectivity index (χ2n) is 7.76. The number of H-pyrrole nitrogens is 1. The molecule has 3 heterocycles. The van der Waals surface area contributed by atoms with Crippen molar-refractivity contribution in [2.75, 3.05) is 31.9 Å². The van der Waals surface area contributed by atoms with E-state index in [1.165, 1.54) is 18.6 Å². The molecular weight excluding hydrogens is 404 g/mol. The molecule has 2 saturated heterocycles. The van der Waals surface area contributed by atoms with Crippen LogP contribution in [0.2, 0.25) is 0 Å². The lowest BCUT2D eigenvalue weighted by Crippen LogP contribution is -2.48. The Bertz CT molecular complexity index is 890. The highest BCUT2D eigenvalue weighted by atomic mass is 33.1. The molecule has 8 heteroatoms. The Morgan fingerprint density at radius 1 is 1.17 bits per heavy atom. The van der Waals surface area contributed by atoms with Crippen molar-refractivity contribution in [3.05, 3.63) is 40.4 Å². The van der Waals surface area contributed by atoms with Crippen molar-refractivity contribution in [1.82, 2.24) is 19.8 Å². The van der Waals surface area contributed by atoms with Gasteiger partial charge in [0.15, 0.2) is 0 Å². The lowest BCUT2D eigenvalue weighted by molar-refractivity contribution is -0.133. The third-order valence-electron chi connectivity index (χ3n) is 5.65. The van der Waals surface area contributed by atoms with Gasteiger partial charge in [-0.3, -0.25) is 14.5 Å². The molecule has 1 aromatic carbocycles. The number of rotatable bonds is 7. The normalized spacial score (nSPS) is 20.4. The van der Waals surface area contributed by atoms with E-state index in [0.717, 1.165) is 49.8 Å². The topological polar surface area (TPSA) is 69.3 Å². The summed E-state index contributed by atoms with van der Waals surface area (Å²) in [6, 6.07) is 7.41. The van der Waals surface area contributed by atoms with E-state index in [1.54, 1.807) is 6.07 Å². The number of hydrogen-bond donors (Lipinski definition) is 1. The van der Waals surface area contributed by atoms with Crippen LogP contribution in [0.5, 0.6) is 0 Å². The number of nitrogens with zero attached hydrogens (tertiary/aromatic N) is 3. The molecule has 2 aliphatic heterocycles. The molecule has 156 valence electrons. The van der Waals surface area contributed by atoms with Gasteiger partial charge < -0.3 is 9.88 Å². The summed E-state index contributed by atoms with van der Waals surface area (Å²) < 4.78 is 0. The first-order chi connectivity index (χ1) is 14.2. The number of aromatic amines is 1. The Balaban J connectivity index is 1.21. The largest absolute Gasteiger partial charge is 0.340 e. The smallest absolute Gasteiger partial charge is 0.258 e. The molecule has 29 heavy (non-hydrogen) atoms. The number of carbonyl (C=O) groups is 1. The van der Waals surface area contributed by atoms with Gasteiger partial charge in [0, 0.05) is 43.6 Å². The monoisotopic (exact) mass is 432 g/mol. The summed E-state index contributed by atoms with van der Waals surface area (Å²) in [5, 5.41) is 1.42. The minimum Gasteiger partial charge on any atom is -0.340 e. The number of carbonyl (C=O) groups excluding carboxylic acids is 1. The zero-order chi connectivity index (χ0) is 20.1. The number of piperazine rings is 1. The minimum absolute atomic E-state index is 0.0889. The van der Waals surface area contributed by atoms with Crippen LogP contribution in [0.1, 0.15) is 37.9 Å². The lowest BCUT2D eigenvalue weighted by atomic mass is 10.1. The van der Waals surface area contributed by atoms with Gasteiger partial charge in [0.05, 0.1) is 17.4 Å². The first kappa shape index (κ1) is 20.8. The first-order valence-corrected chi connectivity index (χ1v) is 12.8. The summed E-state index contributed by atoms with van der Waals surface area (Å²) in [5.41, 5.74) is 0.642. The second-order valence-corrected chi connectivity index (χ2v) is 10.5. The molecule has 0 spiro atoms. The molecule has 1 N–H and O–H groups in total. The predicted molar refractivity (Wildman–Crippen MR) is 121 cm³/mol. The van der Waals surface area contributed by atoms with Crippen LogP contribution in [0.3, 0.4) is 0 Å². The summed E-state index contributed by atoms with van der Waals surface area (Å²) >= 11 is 0. The van der Waals surface area contributed by atoms with E-state index < -0.39 is 0 Å².